The van der Waals surface area contributed by atoms with Gasteiger partial charge in [0.1, 0.15) is 0 Å². The van der Waals surface area contributed by atoms with Crippen molar-refractivity contribution in [1.29, 1.82) is 0 Å². The molecule has 0 fully saturated rings. The lowest BCUT2D eigenvalue weighted by atomic mass is 10.2. The van der Waals surface area contributed by atoms with E-state index in [1.807, 2.05) is 17.9 Å². The van der Waals surface area contributed by atoms with E-state index in [1.54, 1.807) is 6.20 Å². The van der Waals surface area contributed by atoms with Crippen molar-refractivity contribution in [3.63, 3.8) is 0 Å². The molecule has 0 atom stereocenters. The molecule has 2 aromatic rings. The van der Waals surface area contributed by atoms with Crippen LogP contribution in [0.1, 0.15) is 22.6 Å². The van der Waals surface area contributed by atoms with E-state index in [0.717, 1.165) is 17.9 Å². The third-order valence-electron chi connectivity index (χ3n) is 2.57. The van der Waals surface area contributed by atoms with E-state index >= 15 is 0 Å². The van der Waals surface area contributed by atoms with E-state index in [4.69, 9.17) is 4.52 Å². The summed E-state index contributed by atoms with van der Waals surface area (Å²) in [6.07, 6.45) is 3.68. The molecular formula is C10H14N3O+. The Morgan fingerprint density at radius 2 is 2.21 bits per heavy atom. The Morgan fingerprint density at radius 1 is 1.43 bits per heavy atom. The minimum absolute atomic E-state index is 0.733. The van der Waals surface area contributed by atoms with Crippen LogP contribution in [0.4, 0.5) is 0 Å². The molecule has 0 bridgehead atoms. The fraction of sp³-hybridized carbons (Fsp3) is 0.400. The van der Waals surface area contributed by atoms with E-state index in [0.29, 0.717) is 0 Å². The first-order valence-electron chi connectivity index (χ1n) is 4.63. The van der Waals surface area contributed by atoms with Crippen LogP contribution >= 0.6 is 0 Å². The Hall–Kier alpha value is -1.58. The Bertz CT molecular complexity index is 428. The lowest BCUT2D eigenvalue weighted by Crippen LogP contribution is -2.34. The lowest BCUT2D eigenvalue weighted by molar-refractivity contribution is -0.862. The molecule has 0 amide bonds. The molecule has 0 aliphatic rings. The van der Waals surface area contributed by atoms with Gasteiger partial charge in [-0.2, -0.15) is 5.10 Å². The number of nitrogens with zero attached hydrogens (tertiary/aromatic N) is 2. The molecule has 0 radical (unpaired) electrons. The van der Waals surface area contributed by atoms with Crippen molar-refractivity contribution in [2.24, 2.45) is 0 Å². The Balaban J connectivity index is 2.30. The maximum Gasteiger partial charge on any atom is 0.232 e. The van der Waals surface area contributed by atoms with E-state index in [-0.39, 0.29) is 0 Å². The first kappa shape index (κ1) is 8.99. The summed E-state index contributed by atoms with van der Waals surface area (Å²) in [5.74, 6) is 0.978. The predicted octanol–water partition coefficient (Wildman–Crippen LogP) is 1.26. The summed E-state index contributed by atoms with van der Waals surface area (Å²) in [5.41, 5.74) is 3.50. The SMILES string of the molecule is Cc1o[n+](Cc2cn[nH]c2)c(C)c1C. The zero-order valence-electron chi connectivity index (χ0n) is 8.66. The van der Waals surface area contributed by atoms with E-state index < -0.39 is 0 Å². The molecule has 0 saturated carbocycles. The molecule has 2 heterocycles. The molecule has 2 rings (SSSR count). The highest BCUT2D eigenvalue weighted by Crippen LogP contribution is 2.08. The standard InChI is InChI=1S/C10H14N3O/c1-7-8(2)13(14-9(7)3)6-10-4-11-12-5-10/h4-5H,6H2,1-3H3,(H,11,12)/q+1. The summed E-state index contributed by atoms with van der Waals surface area (Å²) in [6.45, 7) is 6.84. The van der Waals surface area contributed by atoms with Gasteiger partial charge in [0.05, 0.1) is 17.3 Å². The van der Waals surface area contributed by atoms with Crippen molar-refractivity contribution in [2.75, 3.05) is 0 Å². The number of hydrogen-bond donors (Lipinski definition) is 1. The highest BCUT2D eigenvalue weighted by atomic mass is 16.5. The average molecular weight is 192 g/mol. The third kappa shape index (κ3) is 1.43. The van der Waals surface area contributed by atoms with Crippen LogP contribution < -0.4 is 4.74 Å². The second kappa shape index (κ2) is 3.29. The van der Waals surface area contributed by atoms with Crippen molar-refractivity contribution < 1.29 is 9.26 Å². The molecule has 0 aliphatic heterocycles. The van der Waals surface area contributed by atoms with Gasteiger partial charge in [0.15, 0.2) is 5.76 Å². The molecule has 0 spiro atoms. The van der Waals surface area contributed by atoms with Crippen molar-refractivity contribution in [1.82, 2.24) is 10.2 Å². The topological polar surface area (TPSA) is 45.7 Å². The Labute approximate surface area is 82.5 Å². The number of hydrogen-bond acceptors (Lipinski definition) is 2. The second-order valence-corrected chi connectivity index (χ2v) is 3.50. The summed E-state index contributed by atoms with van der Waals surface area (Å²) >= 11 is 0. The van der Waals surface area contributed by atoms with Gasteiger partial charge >= 0.3 is 0 Å². The van der Waals surface area contributed by atoms with Crippen molar-refractivity contribution in [3.8, 4) is 0 Å². The summed E-state index contributed by atoms with van der Waals surface area (Å²) in [6, 6.07) is 0. The minimum Gasteiger partial charge on any atom is -0.285 e. The Morgan fingerprint density at radius 3 is 2.71 bits per heavy atom. The third-order valence-corrected chi connectivity index (χ3v) is 2.57. The van der Waals surface area contributed by atoms with Gasteiger partial charge in [0, 0.05) is 20.0 Å². The monoisotopic (exact) mass is 192 g/mol. The van der Waals surface area contributed by atoms with Crippen LogP contribution in [0.5, 0.6) is 0 Å². The van der Waals surface area contributed by atoms with Crippen LogP contribution in [-0.4, -0.2) is 10.2 Å². The molecule has 0 unspecified atom stereocenters. The Kier molecular flexibility index (Phi) is 2.11. The highest BCUT2D eigenvalue weighted by molar-refractivity contribution is 5.14. The van der Waals surface area contributed by atoms with Gasteiger partial charge in [0.25, 0.3) is 0 Å². The van der Waals surface area contributed by atoms with Gasteiger partial charge in [-0.3, -0.25) is 5.10 Å². The maximum atomic E-state index is 5.59. The predicted molar refractivity (Wildman–Crippen MR) is 50.8 cm³/mol. The van der Waals surface area contributed by atoms with Gasteiger partial charge in [-0.15, -0.1) is 0 Å². The number of nitrogens with one attached hydrogen (secondary N) is 1. The smallest absolute Gasteiger partial charge is 0.232 e. The average Bonchev–Trinajstić information content (AvgIpc) is 2.73. The number of rotatable bonds is 2. The summed E-state index contributed by atoms with van der Waals surface area (Å²) in [4.78, 5) is 0. The number of aryl methyl sites for hydroxylation is 1. The molecule has 4 nitrogen and oxygen atoms in total. The normalized spacial score (nSPS) is 10.8. The van der Waals surface area contributed by atoms with Crippen molar-refractivity contribution >= 4 is 0 Å². The maximum absolute atomic E-state index is 5.59. The van der Waals surface area contributed by atoms with Crippen LogP contribution in [0, 0.1) is 20.8 Å². The summed E-state index contributed by atoms with van der Waals surface area (Å²) in [5, 5.41) is 6.68. The fourth-order valence-electron chi connectivity index (χ4n) is 1.42. The molecule has 0 aliphatic carbocycles. The van der Waals surface area contributed by atoms with Crippen LogP contribution in [0.15, 0.2) is 16.9 Å². The zero-order chi connectivity index (χ0) is 10.1. The van der Waals surface area contributed by atoms with Gasteiger partial charge in [0.2, 0.25) is 12.2 Å². The van der Waals surface area contributed by atoms with Crippen LogP contribution in [0.25, 0.3) is 0 Å². The molecule has 1 N–H and O–H groups in total. The summed E-state index contributed by atoms with van der Waals surface area (Å²) in [7, 11) is 0. The quantitative estimate of drug-likeness (QED) is 0.728. The number of H-pyrrole nitrogens is 1. The number of aromatic amines is 1. The van der Waals surface area contributed by atoms with E-state index in [9.17, 15) is 0 Å². The molecule has 14 heavy (non-hydrogen) atoms. The zero-order valence-corrected chi connectivity index (χ0v) is 8.66. The van der Waals surface area contributed by atoms with Crippen molar-refractivity contribution in [3.05, 3.63) is 35.0 Å². The fourth-order valence-corrected chi connectivity index (χ4v) is 1.42. The molecule has 4 heteroatoms. The molecule has 74 valence electrons. The first-order chi connectivity index (χ1) is 6.68. The second-order valence-electron chi connectivity index (χ2n) is 3.50. The highest BCUT2D eigenvalue weighted by Gasteiger charge is 2.19. The van der Waals surface area contributed by atoms with Gasteiger partial charge < -0.3 is 0 Å². The van der Waals surface area contributed by atoms with Crippen LogP contribution in [0.2, 0.25) is 0 Å². The van der Waals surface area contributed by atoms with Crippen LogP contribution in [0.3, 0.4) is 0 Å². The van der Waals surface area contributed by atoms with Crippen molar-refractivity contribution in [2.45, 2.75) is 27.3 Å². The van der Waals surface area contributed by atoms with Gasteiger partial charge in [-0.05, 0) is 11.7 Å². The molecular weight excluding hydrogens is 178 g/mol. The van der Waals surface area contributed by atoms with E-state index in [2.05, 4.69) is 24.0 Å². The molecule has 2 aromatic heterocycles. The van der Waals surface area contributed by atoms with Gasteiger partial charge in [-0.25, -0.2) is 4.52 Å². The first-order valence-corrected chi connectivity index (χ1v) is 4.63. The lowest BCUT2D eigenvalue weighted by Gasteiger charge is -1.87. The molecule has 0 aromatic carbocycles. The van der Waals surface area contributed by atoms with Crippen LogP contribution in [-0.2, 0) is 6.54 Å². The van der Waals surface area contributed by atoms with Gasteiger partial charge in [-0.1, -0.05) is 0 Å². The summed E-state index contributed by atoms with van der Waals surface area (Å²) < 4.78 is 7.48. The largest absolute Gasteiger partial charge is 0.285 e. The molecule has 0 saturated heterocycles. The minimum atomic E-state index is 0.733. The van der Waals surface area contributed by atoms with E-state index in [1.165, 1.54) is 11.3 Å². The number of aromatic nitrogens is 3.